The Bertz CT molecular complexity index is 1470. The Balaban J connectivity index is 2.14. The minimum Gasteiger partial charge on any atom is -0.422 e. The molecule has 0 saturated carbocycles. The van der Waals surface area contributed by atoms with Crippen LogP contribution in [0.2, 0.25) is 5.02 Å². The molecule has 0 bridgehead atoms. The number of anilines is 1. The summed E-state index contributed by atoms with van der Waals surface area (Å²) in [5, 5.41) is 0.423. The SMILES string of the molecule is CNS(=O)(=O)Nc1cccc(Cc2c(CN(C)C)c3cc(F)c(OC(=O)N(C)C)cc3oc2=O)c1Cl. The number of benzene rings is 2. The molecule has 36 heavy (non-hydrogen) atoms. The van der Waals surface area contributed by atoms with Crippen LogP contribution >= 0.6 is 11.6 Å². The zero-order valence-corrected chi connectivity index (χ0v) is 21.9. The quantitative estimate of drug-likeness (QED) is 0.421. The zero-order valence-electron chi connectivity index (χ0n) is 20.3. The lowest BCUT2D eigenvalue weighted by molar-refractivity contribution is 0.170. The third kappa shape index (κ3) is 6.13. The topological polar surface area (TPSA) is 121 Å². The highest BCUT2D eigenvalue weighted by atomic mass is 35.5. The molecule has 1 heterocycles. The average Bonchev–Trinajstić information content (AvgIpc) is 2.79. The smallest absolute Gasteiger partial charge is 0.414 e. The molecule has 0 radical (unpaired) electrons. The van der Waals surface area contributed by atoms with E-state index in [9.17, 15) is 22.4 Å². The van der Waals surface area contributed by atoms with E-state index >= 15 is 0 Å². The summed E-state index contributed by atoms with van der Waals surface area (Å²) in [6.45, 7) is 0.261. The molecule has 3 aromatic rings. The van der Waals surface area contributed by atoms with Crippen LogP contribution in [0.3, 0.4) is 0 Å². The number of carbonyl (C=O) groups excluding carboxylic acids is 1. The van der Waals surface area contributed by atoms with E-state index < -0.39 is 27.7 Å². The minimum absolute atomic E-state index is 0.00557. The van der Waals surface area contributed by atoms with Crippen molar-refractivity contribution < 1.29 is 26.8 Å². The van der Waals surface area contributed by atoms with E-state index in [1.807, 2.05) is 0 Å². The van der Waals surface area contributed by atoms with Gasteiger partial charge in [-0.2, -0.15) is 8.42 Å². The molecule has 2 N–H and O–H groups in total. The van der Waals surface area contributed by atoms with Gasteiger partial charge in [-0.15, -0.1) is 0 Å². The Labute approximate surface area is 212 Å². The van der Waals surface area contributed by atoms with Gasteiger partial charge in [0.15, 0.2) is 11.6 Å². The second-order valence-corrected chi connectivity index (χ2v) is 10.4. The largest absolute Gasteiger partial charge is 0.422 e. The first-order valence-corrected chi connectivity index (χ1v) is 12.5. The van der Waals surface area contributed by atoms with Crippen LogP contribution in [-0.4, -0.2) is 59.5 Å². The lowest BCUT2D eigenvalue weighted by Gasteiger charge is -2.18. The van der Waals surface area contributed by atoms with Crippen LogP contribution in [0.15, 0.2) is 39.5 Å². The van der Waals surface area contributed by atoms with Gasteiger partial charge in [0.2, 0.25) is 0 Å². The van der Waals surface area contributed by atoms with Crippen molar-refractivity contribution in [3.8, 4) is 5.75 Å². The molecule has 2 aromatic carbocycles. The number of nitrogens with zero attached hydrogens (tertiary/aromatic N) is 2. The third-order valence-electron chi connectivity index (χ3n) is 5.17. The van der Waals surface area contributed by atoms with Crippen molar-refractivity contribution in [2.45, 2.75) is 13.0 Å². The van der Waals surface area contributed by atoms with Gasteiger partial charge >= 0.3 is 11.7 Å². The summed E-state index contributed by atoms with van der Waals surface area (Å²) in [6.07, 6.45) is -0.793. The molecule has 1 amide bonds. The van der Waals surface area contributed by atoms with Crippen LogP contribution in [0.25, 0.3) is 11.0 Å². The van der Waals surface area contributed by atoms with E-state index in [0.717, 1.165) is 17.0 Å². The van der Waals surface area contributed by atoms with Gasteiger partial charge in [-0.25, -0.2) is 18.7 Å². The van der Waals surface area contributed by atoms with Gasteiger partial charge < -0.3 is 19.0 Å². The number of amides is 1. The van der Waals surface area contributed by atoms with Crippen LogP contribution in [0, 0.1) is 5.82 Å². The third-order valence-corrected chi connectivity index (χ3v) is 6.64. The van der Waals surface area contributed by atoms with Crippen molar-refractivity contribution in [2.24, 2.45) is 0 Å². The van der Waals surface area contributed by atoms with E-state index in [-0.39, 0.29) is 40.6 Å². The average molecular weight is 541 g/mol. The molecule has 0 unspecified atom stereocenters. The summed E-state index contributed by atoms with van der Waals surface area (Å²) in [7, 11) is 3.90. The summed E-state index contributed by atoms with van der Waals surface area (Å²) < 4.78 is 53.7. The van der Waals surface area contributed by atoms with Crippen molar-refractivity contribution in [2.75, 3.05) is 40.0 Å². The Kier molecular flexibility index (Phi) is 8.24. The summed E-state index contributed by atoms with van der Waals surface area (Å²) in [5.41, 5.74) is 0.660. The fourth-order valence-corrected chi connectivity index (χ4v) is 4.28. The van der Waals surface area contributed by atoms with E-state index in [1.54, 1.807) is 31.1 Å². The van der Waals surface area contributed by atoms with E-state index in [0.29, 0.717) is 16.5 Å². The highest BCUT2D eigenvalue weighted by molar-refractivity contribution is 7.90. The van der Waals surface area contributed by atoms with Crippen LogP contribution in [0.5, 0.6) is 5.75 Å². The Morgan fingerprint density at radius 1 is 1.17 bits per heavy atom. The van der Waals surface area contributed by atoms with Crippen molar-refractivity contribution in [1.29, 1.82) is 0 Å². The maximum absolute atomic E-state index is 14.9. The maximum atomic E-state index is 14.9. The van der Waals surface area contributed by atoms with Gasteiger partial charge in [-0.3, -0.25) is 4.72 Å². The number of rotatable bonds is 8. The monoisotopic (exact) mass is 540 g/mol. The van der Waals surface area contributed by atoms with Crippen molar-refractivity contribution in [1.82, 2.24) is 14.5 Å². The van der Waals surface area contributed by atoms with E-state index in [2.05, 4.69) is 9.44 Å². The van der Waals surface area contributed by atoms with Gasteiger partial charge in [0.1, 0.15) is 5.58 Å². The number of nitrogens with one attached hydrogen (secondary N) is 2. The summed E-state index contributed by atoms with van der Waals surface area (Å²) in [5.74, 6) is -1.18. The number of halogens is 2. The van der Waals surface area contributed by atoms with Crippen LogP contribution < -0.4 is 19.8 Å². The van der Waals surface area contributed by atoms with E-state index in [4.69, 9.17) is 20.8 Å². The Morgan fingerprint density at radius 3 is 2.47 bits per heavy atom. The Morgan fingerprint density at radius 2 is 1.86 bits per heavy atom. The van der Waals surface area contributed by atoms with E-state index in [1.165, 1.54) is 27.2 Å². The lowest BCUT2D eigenvalue weighted by atomic mass is 9.97. The van der Waals surface area contributed by atoms with Gasteiger partial charge in [-0.1, -0.05) is 23.7 Å². The summed E-state index contributed by atoms with van der Waals surface area (Å²) in [6, 6.07) is 7.03. The molecule has 0 aliphatic carbocycles. The van der Waals surface area contributed by atoms with Gasteiger partial charge in [0, 0.05) is 51.1 Å². The first kappa shape index (κ1) is 27.4. The fourth-order valence-electron chi connectivity index (χ4n) is 3.42. The van der Waals surface area contributed by atoms with Gasteiger partial charge in [0.05, 0.1) is 10.7 Å². The standard InChI is InChI=1S/C23H26ClFN4O6S/c1-26-36(32,33)27-18-8-6-7-13(21(18)24)9-15-16(12-28(2)3)14-10-17(25)20(35-23(31)29(4)5)11-19(14)34-22(15)30/h6-8,10-11,26-27H,9,12H2,1-5H3. The molecule has 0 saturated heterocycles. The molecule has 194 valence electrons. The second-order valence-electron chi connectivity index (χ2n) is 8.39. The molecule has 13 heteroatoms. The van der Waals surface area contributed by atoms with Crippen molar-refractivity contribution in [3.05, 3.63) is 68.3 Å². The summed E-state index contributed by atoms with van der Waals surface area (Å²) >= 11 is 6.46. The highest BCUT2D eigenvalue weighted by Gasteiger charge is 2.21. The Hall–Kier alpha value is -3.19. The molecule has 1 aromatic heterocycles. The molecule has 0 spiro atoms. The molecule has 0 atom stereocenters. The first-order chi connectivity index (χ1) is 16.8. The fraction of sp³-hybridized carbons (Fsp3) is 0.304. The molecule has 10 nitrogen and oxygen atoms in total. The second kappa shape index (κ2) is 10.8. The maximum Gasteiger partial charge on any atom is 0.414 e. The number of ether oxygens (including phenoxy) is 1. The van der Waals surface area contributed by atoms with Crippen LogP contribution in [0.4, 0.5) is 14.9 Å². The zero-order chi connectivity index (χ0) is 26.8. The highest BCUT2D eigenvalue weighted by Crippen LogP contribution is 2.32. The molecule has 0 aliphatic rings. The predicted molar refractivity (Wildman–Crippen MR) is 135 cm³/mol. The number of hydrogen-bond donors (Lipinski definition) is 2. The predicted octanol–water partition coefficient (Wildman–Crippen LogP) is 3.17. The minimum atomic E-state index is -3.82. The van der Waals surface area contributed by atoms with Gasteiger partial charge in [0.25, 0.3) is 10.2 Å². The van der Waals surface area contributed by atoms with Crippen LogP contribution in [-0.2, 0) is 23.2 Å². The molecule has 0 fully saturated rings. The number of fused-ring (bicyclic) bond motifs is 1. The first-order valence-electron chi connectivity index (χ1n) is 10.6. The van der Waals surface area contributed by atoms with Gasteiger partial charge in [-0.05, 0) is 37.4 Å². The molecular formula is C23H26ClFN4O6S. The van der Waals surface area contributed by atoms with Crippen molar-refractivity contribution in [3.63, 3.8) is 0 Å². The number of carbonyl (C=O) groups is 1. The normalized spacial score (nSPS) is 11.7. The molecular weight excluding hydrogens is 515 g/mol. The lowest BCUT2D eigenvalue weighted by Crippen LogP contribution is -2.26. The van der Waals surface area contributed by atoms with Crippen LogP contribution in [0.1, 0.15) is 16.7 Å². The van der Waals surface area contributed by atoms with Crippen molar-refractivity contribution >= 4 is 44.6 Å². The number of hydrogen-bond acceptors (Lipinski definition) is 7. The summed E-state index contributed by atoms with van der Waals surface area (Å²) in [4.78, 5) is 27.9. The molecule has 3 rings (SSSR count). The molecule has 0 aliphatic heterocycles.